The number of thiophene rings is 1. The molecule has 20 heavy (non-hydrogen) atoms. The Morgan fingerprint density at radius 3 is 2.95 bits per heavy atom. The van der Waals surface area contributed by atoms with E-state index >= 15 is 0 Å². The second kappa shape index (κ2) is 7.71. The molecule has 4 heteroatoms. The molecule has 0 unspecified atom stereocenters. The SMILES string of the molecule is COc1cccc(COCc2cc(C#CCO)cs2)c1. The number of hydrogen-bond donors (Lipinski definition) is 1. The normalized spacial score (nSPS) is 9.90. The topological polar surface area (TPSA) is 38.7 Å². The summed E-state index contributed by atoms with van der Waals surface area (Å²) in [4.78, 5) is 1.12. The van der Waals surface area contributed by atoms with Gasteiger partial charge in [0.1, 0.15) is 12.4 Å². The Morgan fingerprint density at radius 1 is 1.25 bits per heavy atom. The molecule has 1 aromatic heterocycles. The summed E-state index contributed by atoms with van der Waals surface area (Å²) in [7, 11) is 1.65. The lowest BCUT2D eigenvalue weighted by Gasteiger charge is -2.05. The van der Waals surface area contributed by atoms with Crippen LogP contribution in [0.25, 0.3) is 0 Å². The van der Waals surface area contributed by atoms with Crippen LogP contribution in [0.5, 0.6) is 5.75 Å². The third-order valence-corrected chi connectivity index (χ3v) is 3.52. The van der Waals surface area contributed by atoms with Gasteiger partial charge in [0.05, 0.1) is 20.3 Å². The molecule has 0 atom stereocenters. The maximum Gasteiger partial charge on any atom is 0.119 e. The van der Waals surface area contributed by atoms with Crippen LogP contribution in [0.1, 0.15) is 16.0 Å². The number of rotatable bonds is 5. The highest BCUT2D eigenvalue weighted by molar-refractivity contribution is 7.10. The van der Waals surface area contributed by atoms with Crippen LogP contribution in [0, 0.1) is 11.8 Å². The average molecular weight is 288 g/mol. The van der Waals surface area contributed by atoms with Crippen LogP contribution < -0.4 is 4.74 Å². The van der Waals surface area contributed by atoms with Gasteiger partial charge in [-0.15, -0.1) is 11.3 Å². The molecule has 0 saturated carbocycles. The number of aliphatic hydroxyl groups excluding tert-OH is 1. The van der Waals surface area contributed by atoms with Crippen LogP contribution in [0.3, 0.4) is 0 Å². The summed E-state index contributed by atoms with van der Waals surface area (Å²) in [5, 5.41) is 10.6. The average Bonchev–Trinajstić information content (AvgIpc) is 2.93. The fourth-order valence-electron chi connectivity index (χ4n) is 1.70. The first-order valence-corrected chi connectivity index (χ1v) is 7.07. The molecular formula is C16H16O3S. The van der Waals surface area contributed by atoms with E-state index in [9.17, 15) is 0 Å². The van der Waals surface area contributed by atoms with E-state index in [1.165, 1.54) is 0 Å². The van der Waals surface area contributed by atoms with E-state index < -0.39 is 0 Å². The second-order valence-electron chi connectivity index (χ2n) is 4.11. The van der Waals surface area contributed by atoms with Gasteiger partial charge < -0.3 is 14.6 Å². The van der Waals surface area contributed by atoms with E-state index in [2.05, 4.69) is 11.8 Å². The van der Waals surface area contributed by atoms with Crippen molar-refractivity contribution < 1.29 is 14.6 Å². The molecule has 0 spiro atoms. The molecule has 2 rings (SSSR count). The molecule has 104 valence electrons. The standard InChI is InChI=1S/C16H16O3S/c1-18-15-6-2-4-13(8-15)10-19-11-16-9-14(12-20-16)5-3-7-17/h2,4,6,8-9,12,17H,7,10-11H2,1H3. The minimum atomic E-state index is -0.114. The number of aliphatic hydroxyl groups is 1. The van der Waals surface area contributed by atoms with Crippen LogP contribution in [0.15, 0.2) is 35.7 Å². The van der Waals surface area contributed by atoms with Crippen molar-refractivity contribution in [2.75, 3.05) is 13.7 Å². The molecule has 1 aromatic carbocycles. The van der Waals surface area contributed by atoms with Crippen molar-refractivity contribution in [1.29, 1.82) is 0 Å². The first kappa shape index (κ1) is 14.6. The smallest absolute Gasteiger partial charge is 0.119 e. The predicted octanol–water partition coefficient (Wildman–Crippen LogP) is 2.82. The van der Waals surface area contributed by atoms with Gasteiger partial charge in [-0.1, -0.05) is 24.0 Å². The van der Waals surface area contributed by atoms with Crippen molar-refractivity contribution in [3.63, 3.8) is 0 Å². The molecule has 0 aliphatic carbocycles. The van der Waals surface area contributed by atoms with Crippen molar-refractivity contribution >= 4 is 11.3 Å². The number of benzene rings is 1. The van der Waals surface area contributed by atoms with Gasteiger partial charge in [0.2, 0.25) is 0 Å². The molecule has 0 bridgehead atoms. The molecule has 0 aliphatic rings. The molecule has 0 amide bonds. The molecule has 0 fully saturated rings. The van der Waals surface area contributed by atoms with Crippen molar-refractivity contribution in [1.82, 2.24) is 0 Å². The third kappa shape index (κ3) is 4.39. The number of methoxy groups -OCH3 is 1. The van der Waals surface area contributed by atoms with Crippen LogP contribution in [0.2, 0.25) is 0 Å². The Balaban J connectivity index is 1.84. The Hall–Kier alpha value is -1.80. The van der Waals surface area contributed by atoms with E-state index in [1.807, 2.05) is 35.7 Å². The van der Waals surface area contributed by atoms with Crippen LogP contribution in [-0.4, -0.2) is 18.8 Å². The Morgan fingerprint density at radius 2 is 2.15 bits per heavy atom. The molecule has 1 N–H and O–H groups in total. The summed E-state index contributed by atoms with van der Waals surface area (Å²) in [5.41, 5.74) is 2.00. The van der Waals surface area contributed by atoms with Gasteiger partial charge in [-0.3, -0.25) is 0 Å². The number of ether oxygens (including phenoxy) is 2. The van der Waals surface area contributed by atoms with Gasteiger partial charge in [0, 0.05) is 15.8 Å². The van der Waals surface area contributed by atoms with Crippen molar-refractivity contribution in [3.8, 4) is 17.6 Å². The Labute approximate surface area is 122 Å². The van der Waals surface area contributed by atoms with Gasteiger partial charge in [-0.25, -0.2) is 0 Å². The van der Waals surface area contributed by atoms with E-state index in [0.717, 1.165) is 21.8 Å². The molecule has 0 radical (unpaired) electrons. The van der Waals surface area contributed by atoms with Crippen LogP contribution in [-0.2, 0) is 18.0 Å². The molecule has 0 aliphatic heterocycles. The molecule has 2 aromatic rings. The number of hydrogen-bond acceptors (Lipinski definition) is 4. The Bertz CT molecular complexity index is 607. The minimum Gasteiger partial charge on any atom is -0.497 e. The maximum atomic E-state index is 8.64. The lowest BCUT2D eigenvalue weighted by atomic mass is 10.2. The van der Waals surface area contributed by atoms with Gasteiger partial charge in [0.25, 0.3) is 0 Å². The summed E-state index contributed by atoms with van der Waals surface area (Å²) >= 11 is 1.61. The molecule has 0 saturated heterocycles. The van der Waals surface area contributed by atoms with E-state index in [4.69, 9.17) is 14.6 Å². The fraction of sp³-hybridized carbons (Fsp3) is 0.250. The lowest BCUT2D eigenvalue weighted by molar-refractivity contribution is 0.109. The first-order chi connectivity index (χ1) is 9.81. The Kier molecular flexibility index (Phi) is 5.63. The minimum absolute atomic E-state index is 0.114. The molecule has 1 heterocycles. The summed E-state index contributed by atoms with van der Waals surface area (Å²) in [5.74, 6) is 6.34. The summed E-state index contributed by atoms with van der Waals surface area (Å²) in [6.45, 7) is 0.993. The van der Waals surface area contributed by atoms with Gasteiger partial charge in [-0.05, 0) is 23.8 Å². The predicted molar refractivity (Wildman–Crippen MR) is 79.8 cm³/mol. The van der Waals surface area contributed by atoms with Gasteiger partial charge >= 0.3 is 0 Å². The zero-order valence-electron chi connectivity index (χ0n) is 11.3. The van der Waals surface area contributed by atoms with Gasteiger partial charge in [-0.2, -0.15) is 0 Å². The quantitative estimate of drug-likeness (QED) is 0.860. The monoisotopic (exact) mass is 288 g/mol. The van der Waals surface area contributed by atoms with Crippen molar-refractivity contribution in [2.24, 2.45) is 0 Å². The van der Waals surface area contributed by atoms with E-state index in [-0.39, 0.29) is 6.61 Å². The lowest BCUT2D eigenvalue weighted by Crippen LogP contribution is -1.93. The highest BCUT2D eigenvalue weighted by Crippen LogP contribution is 2.17. The zero-order chi connectivity index (χ0) is 14.2. The summed E-state index contributed by atoms with van der Waals surface area (Å²) < 4.78 is 10.9. The summed E-state index contributed by atoms with van der Waals surface area (Å²) in [6, 6.07) is 9.82. The second-order valence-corrected chi connectivity index (χ2v) is 5.10. The van der Waals surface area contributed by atoms with Crippen molar-refractivity contribution in [3.05, 3.63) is 51.7 Å². The van der Waals surface area contributed by atoms with Gasteiger partial charge in [0.15, 0.2) is 0 Å². The van der Waals surface area contributed by atoms with Crippen LogP contribution in [0.4, 0.5) is 0 Å². The highest BCUT2D eigenvalue weighted by atomic mass is 32.1. The summed E-state index contributed by atoms with van der Waals surface area (Å²) in [6.07, 6.45) is 0. The van der Waals surface area contributed by atoms with E-state index in [1.54, 1.807) is 18.4 Å². The van der Waals surface area contributed by atoms with Crippen LogP contribution >= 0.6 is 11.3 Å². The fourth-order valence-corrected chi connectivity index (χ4v) is 2.45. The first-order valence-electron chi connectivity index (χ1n) is 6.19. The third-order valence-electron chi connectivity index (χ3n) is 2.61. The van der Waals surface area contributed by atoms with E-state index in [0.29, 0.717) is 13.2 Å². The molecular weight excluding hydrogens is 272 g/mol. The highest BCUT2D eigenvalue weighted by Gasteiger charge is 2.00. The van der Waals surface area contributed by atoms with Crippen molar-refractivity contribution in [2.45, 2.75) is 13.2 Å². The maximum absolute atomic E-state index is 8.64. The zero-order valence-corrected chi connectivity index (χ0v) is 12.1. The molecule has 3 nitrogen and oxygen atoms in total. The largest absolute Gasteiger partial charge is 0.497 e.